The van der Waals surface area contributed by atoms with Crippen LogP contribution in [0.2, 0.25) is 16.9 Å². The lowest BCUT2D eigenvalue weighted by Crippen LogP contribution is -2.23. The summed E-state index contributed by atoms with van der Waals surface area (Å²) < 4.78 is 5.61. The summed E-state index contributed by atoms with van der Waals surface area (Å²) in [5.41, 5.74) is 4.70. The first kappa shape index (κ1) is 13.8. The molecule has 0 fully saturated rings. The first-order valence-corrected chi connectivity index (χ1v) is 7.26. The Balaban J connectivity index is 1.86. The highest BCUT2D eigenvalue weighted by Gasteiger charge is 2.22. The number of benzene rings is 2. The molecule has 2 aromatic rings. The smallest absolute Gasteiger partial charge is 0.324 e. The molecule has 2 aromatic carbocycles. The lowest BCUT2D eigenvalue weighted by atomic mass is 9.64. The number of rotatable bonds is 2. The summed E-state index contributed by atoms with van der Waals surface area (Å²) in [5.74, 6) is 0. The molecule has 100 valence electrons. The zero-order valence-electron chi connectivity index (χ0n) is 11.1. The van der Waals surface area contributed by atoms with Crippen molar-refractivity contribution in [2.45, 2.75) is 13.4 Å². The van der Waals surface area contributed by atoms with Crippen molar-refractivity contribution in [3.8, 4) is 0 Å². The van der Waals surface area contributed by atoms with Crippen LogP contribution >= 0.6 is 23.2 Å². The van der Waals surface area contributed by atoms with Crippen LogP contribution < -0.4 is 5.46 Å². The van der Waals surface area contributed by atoms with Gasteiger partial charge in [0.1, 0.15) is 0 Å². The van der Waals surface area contributed by atoms with Gasteiger partial charge in [-0.25, -0.2) is 0 Å². The van der Waals surface area contributed by atoms with Crippen LogP contribution in [-0.4, -0.2) is 6.92 Å². The maximum absolute atomic E-state index is 5.99. The fourth-order valence-electron chi connectivity index (χ4n) is 2.42. The predicted octanol–water partition coefficient (Wildman–Crippen LogP) is 4.52. The fraction of sp³-hybridized carbons (Fsp3) is 0.125. The Morgan fingerprint density at radius 3 is 2.45 bits per heavy atom. The van der Waals surface area contributed by atoms with Crippen molar-refractivity contribution in [3.63, 3.8) is 0 Å². The molecule has 0 radical (unpaired) electrons. The van der Waals surface area contributed by atoms with Gasteiger partial charge in [0.15, 0.2) is 0 Å². The van der Waals surface area contributed by atoms with Crippen LogP contribution in [0.5, 0.6) is 0 Å². The van der Waals surface area contributed by atoms with Gasteiger partial charge < -0.3 is 4.65 Å². The van der Waals surface area contributed by atoms with E-state index in [1.54, 1.807) is 6.07 Å². The van der Waals surface area contributed by atoms with E-state index in [2.05, 4.69) is 31.1 Å². The lowest BCUT2D eigenvalue weighted by Gasteiger charge is -2.01. The van der Waals surface area contributed by atoms with Crippen molar-refractivity contribution in [3.05, 3.63) is 63.1 Å². The van der Waals surface area contributed by atoms with E-state index in [-0.39, 0.29) is 6.92 Å². The second-order valence-corrected chi connectivity index (χ2v) is 5.82. The molecule has 0 saturated carbocycles. The van der Waals surface area contributed by atoms with E-state index in [1.807, 2.05) is 18.2 Å². The molecule has 0 aliphatic carbocycles. The third-order valence-corrected chi connectivity index (χ3v) is 3.88. The predicted molar refractivity (Wildman–Crippen MR) is 87.9 cm³/mol. The summed E-state index contributed by atoms with van der Waals surface area (Å²) in [6, 6.07) is 11.9. The van der Waals surface area contributed by atoms with E-state index in [4.69, 9.17) is 27.9 Å². The van der Waals surface area contributed by atoms with Gasteiger partial charge in [-0.3, -0.25) is 0 Å². The summed E-state index contributed by atoms with van der Waals surface area (Å²) >= 11 is 12.0. The molecule has 3 rings (SSSR count). The molecule has 0 amide bonds. The van der Waals surface area contributed by atoms with Crippen molar-refractivity contribution >= 4 is 47.7 Å². The van der Waals surface area contributed by atoms with Crippen LogP contribution in [0.25, 0.3) is 12.2 Å². The maximum Gasteiger partial charge on any atom is 0.324 e. The summed E-state index contributed by atoms with van der Waals surface area (Å²) in [6.07, 6.45) is 4.07. The summed E-state index contributed by atoms with van der Waals surface area (Å²) in [6.45, 7) is 2.98. The second-order valence-electron chi connectivity index (χ2n) is 4.95. The van der Waals surface area contributed by atoms with Crippen LogP contribution in [0.4, 0.5) is 0 Å². The molecule has 0 spiro atoms. The largest absolute Gasteiger partial charge is 0.427 e. The van der Waals surface area contributed by atoms with Gasteiger partial charge in [0.25, 0.3) is 0 Å². The first-order valence-electron chi connectivity index (χ1n) is 6.50. The molecular formula is C16H13BCl2O. The van der Waals surface area contributed by atoms with Crippen molar-refractivity contribution in [1.29, 1.82) is 0 Å². The highest BCUT2D eigenvalue weighted by atomic mass is 35.5. The number of halogens is 2. The molecule has 0 bridgehead atoms. The van der Waals surface area contributed by atoms with Crippen molar-refractivity contribution in [2.75, 3.05) is 0 Å². The molecular weight excluding hydrogens is 290 g/mol. The number of fused-ring (bicyclic) bond motifs is 1. The molecule has 0 saturated heterocycles. The molecule has 1 aliphatic rings. The molecule has 1 heterocycles. The van der Waals surface area contributed by atoms with Crippen molar-refractivity contribution < 1.29 is 4.65 Å². The van der Waals surface area contributed by atoms with Gasteiger partial charge in [0.2, 0.25) is 0 Å². The monoisotopic (exact) mass is 302 g/mol. The Labute approximate surface area is 129 Å². The second kappa shape index (κ2) is 5.65. The van der Waals surface area contributed by atoms with E-state index in [0.717, 1.165) is 11.1 Å². The SMILES string of the molecule is CB1OCc2cc(/C=C/c3cc(Cl)cc(Cl)c3)ccc21. The average Bonchev–Trinajstić information content (AvgIpc) is 2.77. The van der Waals surface area contributed by atoms with Crippen molar-refractivity contribution in [1.82, 2.24) is 0 Å². The van der Waals surface area contributed by atoms with Crippen LogP contribution in [-0.2, 0) is 11.3 Å². The van der Waals surface area contributed by atoms with Crippen LogP contribution in [0.3, 0.4) is 0 Å². The van der Waals surface area contributed by atoms with E-state index in [9.17, 15) is 0 Å². The van der Waals surface area contributed by atoms with Crippen LogP contribution in [0.1, 0.15) is 16.7 Å². The number of hydrogen-bond acceptors (Lipinski definition) is 1. The van der Waals surface area contributed by atoms with E-state index < -0.39 is 0 Å². The first-order chi connectivity index (χ1) is 9.61. The molecule has 1 aliphatic heterocycles. The van der Waals surface area contributed by atoms with Crippen molar-refractivity contribution in [2.24, 2.45) is 0 Å². The third-order valence-electron chi connectivity index (χ3n) is 3.45. The molecule has 0 unspecified atom stereocenters. The van der Waals surface area contributed by atoms with E-state index >= 15 is 0 Å². The normalized spacial score (nSPS) is 14.1. The molecule has 20 heavy (non-hydrogen) atoms. The lowest BCUT2D eigenvalue weighted by molar-refractivity contribution is 0.333. The zero-order valence-corrected chi connectivity index (χ0v) is 12.6. The Morgan fingerprint density at radius 2 is 1.70 bits per heavy atom. The topological polar surface area (TPSA) is 9.23 Å². The van der Waals surface area contributed by atoms with Gasteiger partial charge in [0, 0.05) is 10.0 Å². The molecule has 0 aromatic heterocycles. The van der Waals surface area contributed by atoms with Gasteiger partial charge >= 0.3 is 6.92 Å². The molecule has 0 atom stereocenters. The molecule has 1 nitrogen and oxygen atoms in total. The highest BCUT2D eigenvalue weighted by Crippen LogP contribution is 2.21. The van der Waals surface area contributed by atoms with Crippen LogP contribution in [0.15, 0.2) is 36.4 Å². The van der Waals surface area contributed by atoms with Gasteiger partial charge in [0.05, 0.1) is 6.61 Å². The summed E-state index contributed by atoms with van der Waals surface area (Å²) in [5, 5.41) is 1.29. The maximum atomic E-state index is 5.99. The Bertz CT molecular complexity index is 662. The minimum Gasteiger partial charge on any atom is -0.427 e. The van der Waals surface area contributed by atoms with Crippen LogP contribution in [0, 0.1) is 0 Å². The van der Waals surface area contributed by atoms with Gasteiger partial charge in [-0.2, -0.15) is 0 Å². The van der Waals surface area contributed by atoms with Gasteiger partial charge in [-0.05, 0) is 46.4 Å². The average molecular weight is 303 g/mol. The quantitative estimate of drug-likeness (QED) is 0.585. The standard InChI is InChI=1S/C16H13BCl2O/c1-17-16-5-4-11(6-13(16)10-20-17)2-3-12-7-14(18)9-15(19)8-12/h2-9H,10H2,1H3/b3-2+. The fourth-order valence-corrected chi connectivity index (χ4v) is 2.96. The number of hydrogen-bond donors (Lipinski definition) is 0. The van der Waals surface area contributed by atoms with Gasteiger partial charge in [-0.15, -0.1) is 0 Å². The molecule has 4 heteroatoms. The van der Waals surface area contributed by atoms with E-state index in [1.165, 1.54) is 11.0 Å². The third kappa shape index (κ3) is 2.93. The summed E-state index contributed by atoms with van der Waals surface area (Å²) in [4.78, 5) is 0. The zero-order chi connectivity index (χ0) is 14.1. The minimum atomic E-state index is 0.203. The van der Waals surface area contributed by atoms with Gasteiger partial charge in [-0.1, -0.05) is 54.3 Å². The Morgan fingerprint density at radius 1 is 1.00 bits per heavy atom. The summed E-state index contributed by atoms with van der Waals surface area (Å²) in [7, 11) is 0. The Hall–Kier alpha value is -1.22. The van der Waals surface area contributed by atoms with E-state index in [0.29, 0.717) is 16.7 Å². The minimum absolute atomic E-state index is 0.203. The highest BCUT2D eigenvalue weighted by molar-refractivity contribution is 6.67. The molecule has 0 N–H and O–H groups in total. The Kier molecular flexibility index (Phi) is 3.88.